The molecular weight excluding hydrogens is 268 g/mol. The summed E-state index contributed by atoms with van der Waals surface area (Å²) in [5.41, 5.74) is 3.89. The molecule has 0 saturated heterocycles. The van der Waals surface area contributed by atoms with Gasteiger partial charge in [-0.1, -0.05) is 81.6 Å². The fraction of sp³-hybridized carbons (Fsp3) is 0.429. The lowest BCUT2D eigenvalue weighted by Crippen LogP contribution is -1.81. The minimum atomic E-state index is 0.926. The predicted octanol–water partition coefficient (Wildman–Crippen LogP) is 6.75. The first-order chi connectivity index (χ1) is 10.5. The molecule has 2 rings (SSSR count). The molecule has 0 bridgehead atoms. The number of benzene rings is 2. The van der Waals surface area contributed by atoms with Crippen LogP contribution < -0.4 is 4.74 Å². The number of rotatable bonds is 1. The van der Waals surface area contributed by atoms with Crippen molar-refractivity contribution in [1.29, 1.82) is 0 Å². The first kappa shape index (κ1) is 22.5. The van der Waals surface area contributed by atoms with E-state index in [0.717, 1.165) is 5.75 Å². The summed E-state index contributed by atoms with van der Waals surface area (Å²) >= 11 is 0. The summed E-state index contributed by atoms with van der Waals surface area (Å²) in [7, 11) is 1.68. The molecule has 2 aromatic carbocycles. The Bertz CT molecular complexity index is 437. The third kappa shape index (κ3) is 13.2. The first-order valence-corrected chi connectivity index (χ1v) is 8.17. The normalized spacial score (nSPS) is 8.18. The van der Waals surface area contributed by atoms with Gasteiger partial charge in [0.15, 0.2) is 0 Å². The van der Waals surface area contributed by atoms with Gasteiger partial charge in [0, 0.05) is 0 Å². The largest absolute Gasteiger partial charge is 0.497 e. The van der Waals surface area contributed by atoms with E-state index in [1.54, 1.807) is 7.11 Å². The minimum Gasteiger partial charge on any atom is -0.497 e. The van der Waals surface area contributed by atoms with Crippen molar-refractivity contribution in [3.8, 4) is 5.75 Å². The minimum absolute atomic E-state index is 0.926. The number of aryl methyl sites for hydroxylation is 3. The van der Waals surface area contributed by atoms with Gasteiger partial charge in [-0.25, -0.2) is 0 Å². The van der Waals surface area contributed by atoms with E-state index in [2.05, 4.69) is 52.0 Å². The highest BCUT2D eigenvalue weighted by atomic mass is 16.5. The van der Waals surface area contributed by atoms with Crippen molar-refractivity contribution < 1.29 is 4.74 Å². The SMILES string of the molecule is CC.CCC.COc1cccc(C)c1.Cc1ccc(C)cc1. The van der Waals surface area contributed by atoms with Gasteiger partial charge in [0.25, 0.3) is 0 Å². The lowest BCUT2D eigenvalue weighted by Gasteiger charge is -1.97. The third-order valence-electron chi connectivity index (χ3n) is 2.44. The fourth-order valence-electron chi connectivity index (χ4n) is 1.38. The monoisotopic (exact) mass is 302 g/mol. The van der Waals surface area contributed by atoms with Gasteiger partial charge in [-0.2, -0.15) is 0 Å². The fourth-order valence-corrected chi connectivity index (χ4v) is 1.38. The number of hydrogen-bond donors (Lipinski definition) is 0. The average Bonchev–Trinajstić information content (AvgIpc) is 2.53. The van der Waals surface area contributed by atoms with Crippen LogP contribution in [0.5, 0.6) is 5.75 Å². The van der Waals surface area contributed by atoms with Crippen LogP contribution in [0.15, 0.2) is 48.5 Å². The van der Waals surface area contributed by atoms with Crippen LogP contribution in [0.1, 0.15) is 50.8 Å². The molecule has 0 radical (unpaired) electrons. The molecule has 0 amide bonds. The quantitative estimate of drug-likeness (QED) is 0.566. The molecule has 0 unspecified atom stereocenters. The van der Waals surface area contributed by atoms with Crippen LogP contribution in [0.25, 0.3) is 0 Å². The van der Waals surface area contributed by atoms with Gasteiger partial charge in [-0.15, -0.1) is 0 Å². The van der Waals surface area contributed by atoms with Crippen LogP contribution in [0.4, 0.5) is 0 Å². The van der Waals surface area contributed by atoms with E-state index in [4.69, 9.17) is 4.74 Å². The summed E-state index contributed by atoms with van der Waals surface area (Å²) in [5.74, 6) is 0.926. The molecule has 0 N–H and O–H groups in total. The third-order valence-corrected chi connectivity index (χ3v) is 2.44. The van der Waals surface area contributed by atoms with Gasteiger partial charge >= 0.3 is 0 Å². The zero-order valence-corrected chi connectivity index (χ0v) is 15.7. The maximum Gasteiger partial charge on any atom is 0.119 e. The lowest BCUT2D eigenvalue weighted by atomic mass is 10.2. The Morgan fingerprint density at radius 1 is 0.727 bits per heavy atom. The number of methoxy groups -OCH3 is 1. The molecule has 0 heterocycles. The van der Waals surface area contributed by atoms with Gasteiger partial charge in [0.1, 0.15) is 5.75 Å². The number of hydrogen-bond acceptors (Lipinski definition) is 1. The van der Waals surface area contributed by atoms with Crippen LogP contribution in [0, 0.1) is 20.8 Å². The van der Waals surface area contributed by atoms with Crippen LogP contribution in [-0.4, -0.2) is 7.11 Å². The molecule has 124 valence electrons. The van der Waals surface area contributed by atoms with E-state index in [9.17, 15) is 0 Å². The Balaban J connectivity index is 0. The second-order valence-corrected chi connectivity index (χ2v) is 4.88. The summed E-state index contributed by atoms with van der Waals surface area (Å²) < 4.78 is 5.00. The molecule has 22 heavy (non-hydrogen) atoms. The van der Waals surface area contributed by atoms with Crippen molar-refractivity contribution in [3.05, 3.63) is 65.2 Å². The summed E-state index contributed by atoms with van der Waals surface area (Å²) in [4.78, 5) is 0. The Morgan fingerprint density at radius 3 is 1.41 bits per heavy atom. The Labute approximate surface area is 138 Å². The molecule has 0 aromatic heterocycles. The van der Waals surface area contributed by atoms with Crippen LogP contribution >= 0.6 is 0 Å². The smallest absolute Gasteiger partial charge is 0.119 e. The standard InChI is InChI=1S/C8H10O.C8H10.C3H8.C2H6/c1-7-4-3-5-8(6-7)9-2;1-7-3-5-8(2)6-4-7;1-3-2;1-2/h3-6H,1-2H3;3-6H,1-2H3;3H2,1-2H3;1-2H3. The molecular formula is C21H34O. The molecule has 2 aromatic rings. The molecule has 1 nitrogen and oxygen atoms in total. The van der Waals surface area contributed by atoms with E-state index in [1.807, 2.05) is 45.0 Å². The highest BCUT2D eigenvalue weighted by Gasteiger charge is 1.86. The van der Waals surface area contributed by atoms with E-state index in [-0.39, 0.29) is 0 Å². The molecule has 0 spiro atoms. The second-order valence-electron chi connectivity index (χ2n) is 4.88. The van der Waals surface area contributed by atoms with Crippen LogP contribution in [0.2, 0.25) is 0 Å². The topological polar surface area (TPSA) is 9.23 Å². The van der Waals surface area contributed by atoms with Crippen LogP contribution in [-0.2, 0) is 0 Å². The molecule has 0 aliphatic rings. The average molecular weight is 303 g/mol. The molecule has 1 heteroatoms. The highest BCUT2D eigenvalue weighted by Crippen LogP contribution is 2.10. The zero-order chi connectivity index (χ0) is 17.4. The summed E-state index contributed by atoms with van der Waals surface area (Å²) in [5, 5.41) is 0. The molecule has 0 aliphatic carbocycles. The van der Waals surface area contributed by atoms with Crippen molar-refractivity contribution in [3.63, 3.8) is 0 Å². The van der Waals surface area contributed by atoms with E-state index >= 15 is 0 Å². The maximum absolute atomic E-state index is 5.00. The Morgan fingerprint density at radius 2 is 1.14 bits per heavy atom. The second kappa shape index (κ2) is 15.6. The van der Waals surface area contributed by atoms with Crippen molar-refractivity contribution >= 4 is 0 Å². The Hall–Kier alpha value is -1.76. The van der Waals surface area contributed by atoms with Crippen molar-refractivity contribution in [2.24, 2.45) is 0 Å². The zero-order valence-electron chi connectivity index (χ0n) is 15.7. The maximum atomic E-state index is 5.00. The lowest BCUT2D eigenvalue weighted by molar-refractivity contribution is 0.414. The Kier molecular flexibility index (Phi) is 16.0. The summed E-state index contributed by atoms with van der Waals surface area (Å²) in [6.07, 6.45) is 1.25. The van der Waals surface area contributed by atoms with Crippen molar-refractivity contribution in [2.75, 3.05) is 7.11 Å². The van der Waals surface area contributed by atoms with Gasteiger partial charge in [-0.05, 0) is 38.5 Å². The number of ether oxygens (including phenoxy) is 1. The predicted molar refractivity (Wildman–Crippen MR) is 101 cm³/mol. The highest BCUT2D eigenvalue weighted by molar-refractivity contribution is 5.27. The van der Waals surface area contributed by atoms with E-state index in [1.165, 1.54) is 23.1 Å². The van der Waals surface area contributed by atoms with E-state index in [0.29, 0.717) is 0 Å². The molecule has 0 aliphatic heterocycles. The van der Waals surface area contributed by atoms with Crippen molar-refractivity contribution in [2.45, 2.75) is 54.9 Å². The van der Waals surface area contributed by atoms with Crippen LogP contribution in [0.3, 0.4) is 0 Å². The van der Waals surface area contributed by atoms with Gasteiger partial charge in [-0.3, -0.25) is 0 Å². The van der Waals surface area contributed by atoms with Crippen molar-refractivity contribution in [1.82, 2.24) is 0 Å². The first-order valence-electron chi connectivity index (χ1n) is 8.17. The van der Waals surface area contributed by atoms with Gasteiger partial charge in [0.05, 0.1) is 7.11 Å². The molecule has 0 fully saturated rings. The van der Waals surface area contributed by atoms with Gasteiger partial charge < -0.3 is 4.74 Å². The molecule has 0 saturated carbocycles. The summed E-state index contributed by atoms with van der Waals surface area (Å²) in [6, 6.07) is 16.4. The molecule has 0 atom stereocenters. The van der Waals surface area contributed by atoms with E-state index < -0.39 is 0 Å². The summed E-state index contributed by atoms with van der Waals surface area (Å²) in [6.45, 7) is 14.5. The van der Waals surface area contributed by atoms with Gasteiger partial charge in [0.2, 0.25) is 0 Å².